The first-order chi connectivity index (χ1) is 15.2. The van der Waals surface area contributed by atoms with Crippen molar-refractivity contribution in [3.63, 3.8) is 0 Å². The molecule has 3 rings (SSSR count). The summed E-state index contributed by atoms with van der Waals surface area (Å²) in [5.74, 6) is -0.810. The smallest absolute Gasteiger partial charge is 0.338 e. The van der Waals surface area contributed by atoms with Crippen LogP contribution in [0, 0.1) is 0 Å². The fourth-order valence-electron chi connectivity index (χ4n) is 3.58. The van der Waals surface area contributed by atoms with E-state index < -0.39 is 12.0 Å². The molecule has 7 nitrogen and oxygen atoms in total. The number of rotatable bonds is 6. The number of esters is 1. The van der Waals surface area contributed by atoms with Crippen molar-refractivity contribution in [2.24, 2.45) is 0 Å². The van der Waals surface area contributed by atoms with Gasteiger partial charge in [-0.1, -0.05) is 29.8 Å². The average Bonchev–Trinajstić information content (AvgIpc) is 2.73. The Hall–Kier alpha value is -3.32. The number of allylic oxidation sites excluding steroid dienone is 1. The molecule has 32 heavy (non-hydrogen) atoms. The Morgan fingerprint density at radius 2 is 1.91 bits per heavy atom. The molecule has 2 aromatic carbocycles. The molecule has 0 radical (unpaired) electrons. The lowest BCUT2D eigenvalue weighted by Crippen LogP contribution is -2.48. The number of benzene rings is 2. The summed E-state index contributed by atoms with van der Waals surface area (Å²) in [6.45, 7) is 7.53. The minimum absolute atomic E-state index is 0.301. The first kappa shape index (κ1) is 23.3. The van der Waals surface area contributed by atoms with Crippen LogP contribution in [0.5, 0.6) is 0 Å². The molecule has 1 aliphatic rings. The van der Waals surface area contributed by atoms with E-state index in [2.05, 4.69) is 10.6 Å². The van der Waals surface area contributed by atoms with Gasteiger partial charge < -0.3 is 15.4 Å². The summed E-state index contributed by atoms with van der Waals surface area (Å²) in [6.07, 6.45) is -0.306. The number of hydrogen-bond acceptors (Lipinski definition) is 4. The molecule has 168 valence electrons. The number of ether oxygens (including phenoxy) is 1. The Kier molecular flexibility index (Phi) is 7.20. The van der Waals surface area contributed by atoms with Crippen molar-refractivity contribution in [3.8, 4) is 0 Å². The van der Waals surface area contributed by atoms with E-state index in [-0.39, 0.29) is 18.0 Å². The van der Waals surface area contributed by atoms with Gasteiger partial charge in [0.2, 0.25) is 0 Å². The van der Waals surface area contributed by atoms with Crippen molar-refractivity contribution < 1.29 is 19.1 Å². The van der Waals surface area contributed by atoms with Crippen LogP contribution in [0.15, 0.2) is 59.8 Å². The maximum atomic E-state index is 12.9. The van der Waals surface area contributed by atoms with Crippen molar-refractivity contribution >= 4 is 35.2 Å². The minimum atomic E-state index is -0.709. The molecule has 8 heteroatoms. The molecule has 1 atom stereocenters. The lowest BCUT2D eigenvalue weighted by molar-refractivity contribution is -0.143. The van der Waals surface area contributed by atoms with Crippen LogP contribution in [-0.4, -0.2) is 35.5 Å². The lowest BCUT2D eigenvalue weighted by Gasteiger charge is -2.35. The molecular weight excluding hydrogens is 430 g/mol. The second kappa shape index (κ2) is 9.87. The van der Waals surface area contributed by atoms with Gasteiger partial charge in [-0.15, -0.1) is 0 Å². The van der Waals surface area contributed by atoms with E-state index in [4.69, 9.17) is 16.3 Å². The van der Waals surface area contributed by atoms with Crippen LogP contribution in [0.2, 0.25) is 5.02 Å². The Balaban J connectivity index is 1.94. The molecular formula is C24H26ClN3O4. The van der Waals surface area contributed by atoms with Gasteiger partial charge in [-0.2, -0.15) is 0 Å². The van der Waals surface area contributed by atoms with Gasteiger partial charge in [0.25, 0.3) is 5.91 Å². The van der Waals surface area contributed by atoms with Gasteiger partial charge in [-0.3, -0.25) is 9.69 Å². The Morgan fingerprint density at radius 1 is 1.19 bits per heavy atom. The first-order valence-corrected chi connectivity index (χ1v) is 10.8. The minimum Gasteiger partial charge on any atom is -0.459 e. The van der Waals surface area contributed by atoms with Gasteiger partial charge in [0.1, 0.15) is 0 Å². The summed E-state index contributed by atoms with van der Waals surface area (Å²) in [5.41, 5.74) is 2.49. The maximum absolute atomic E-state index is 12.9. The van der Waals surface area contributed by atoms with Gasteiger partial charge >= 0.3 is 12.0 Å². The van der Waals surface area contributed by atoms with Crippen molar-refractivity contribution in [1.29, 1.82) is 0 Å². The van der Waals surface area contributed by atoms with Crippen LogP contribution in [0.25, 0.3) is 0 Å². The Bertz CT molecular complexity index is 1080. The molecule has 0 bridgehead atoms. The molecule has 0 saturated heterocycles. The monoisotopic (exact) mass is 455 g/mol. The maximum Gasteiger partial charge on any atom is 0.338 e. The number of carbonyl (C=O) groups is 3. The first-order valence-electron chi connectivity index (χ1n) is 10.4. The summed E-state index contributed by atoms with van der Waals surface area (Å²) in [5, 5.41) is 6.18. The quantitative estimate of drug-likeness (QED) is 0.606. The summed E-state index contributed by atoms with van der Waals surface area (Å²) >= 11 is 5.98. The number of nitrogens with one attached hydrogen (secondary N) is 2. The molecule has 0 spiro atoms. The second-order valence-electron chi connectivity index (χ2n) is 7.67. The van der Waals surface area contributed by atoms with E-state index >= 15 is 0 Å². The topological polar surface area (TPSA) is 87.7 Å². The van der Waals surface area contributed by atoms with Crippen molar-refractivity contribution in [3.05, 3.63) is 76.0 Å². The summed E-state index contributed by atoms with van der Waals surface area (Å²) in [6, 6.07) is 12.6. The molecule has 0 saturated carbocycles. The molecule has 0 aromatic heterocycles. The summed E-state index contributed by atoms with van der Waals surface area (Å²) in [7, 11) is 0. The van der Waals surface area contributed by atoms with Gasteiger partial charge in [0, 0.05) is 28.5 Å². The summed E-state index contributed by atoms with van der Waals surface area (Å²) in [4.78, 5) is 39.6. The van der Waals surface area contributed by atoms with Crippen molar-refractivity contribution in [2.45, 2.75) is 39.8 Å². The fourth-order valence-corrected chi connectivity index (χ4v) is 3.77. The zero-order valence-corrected chi connectivity index (χ0v) is 19.2. The zero-order valence-electron chi connectivity index (χ0n) is 18.4. The van der Waals surface area contributed by atoms with E-state index in [1.807, 2.05) is 6.92 Å². The van der Waals surface area contributed by atoms with E-state index in [0.717, 1.165) is 0 Å². The van der Waals surface area contributed by atoms with Crippen LogP contribution in [-0.2, 0) is 9.53 Å². The number of hydrogen-bond donors (Lipinski definition) is 2. The SMILES string of the molecule is CCN1C(=O)NC(c2cccc(NC(=O)c3cccc(Cl)c3)c2)C(C(=O)OC(C)C)=C1C. The third-order valence-electron chi connectivity index (χ3n) is 5.04. The molecule has 1 heterocycles. The number of urea groups is 1. The third-order valence-corrected chi connectivity index (χ3v) is 5.27. The predicted octanol–water partition coefficient (Wildman–Crippen LogP) is 4.90. The number of carbonyl (C=O) groups excluding carboxylic acids is 3. The highest BCUT2D eigenvalue weighted by atomic mass is 35.5. The van der Waals surface area contributed by atoms with E-state index in [1.54, 1.807) is 69.3 Å². The van der Waals surface area contributed by atoms with Crippen molar-refractivity contribution in [1.82, 2.24) is 10.2 Å². The number of nitrogens with zero attached hydrogens (tertiary/aromatic N) is 1. The van der Waals surface area contributed by atoms with Crippen LogP contribution >= 0.6 is 11.6 Å². The highest BCUT2D eigenvalue weighted by Gasteiger charge is 2.36. The predicted molar refractivity (Wildman–Crippen MR) is 123 cm³/mol. The van der Waals surface area contributed by atoms with Crippen LogP contribution in [0.3, 0.4) is 0 Å². The van der Waals surface area contributed by atoms with Gasteiger partial charge in [0.05, 0.1) is 17.7 Å². The van der Waals surface area contributed by atoms with Gasteiger partial charge in [-0.25, -0.2) is 9.59 Å². The molecule has 0 fully saturated rings. The van der Waals surface area contributed by atoms with Crippen molar-refractivity contribution in [2.75, 3.05) is 11.9 Å². The highest BCUT2D eigenvalue weighted by molar-refractivity contribution is 6.31. The molecule has 1 aliphatic heterocycles. The fraction of sp³-hybridized carbons (Fsp3) is 0.292. The normalized spacial score (nSPS) is 16.1. The molecule has 2 N–H and O–H groups in total. The molecule has 0 aliphatic carbocycles. The lowest BCUT2D eigenvalue weighted by atomic mass is 9.94. The van der Waals surface area contributed by atoms with E-state index in [9.17, 15) is 14.4 Å². The molecule has 1 unspecified atom stereocenters. The number of anilines is 1. The number of amides is 3. The standard InChI is InChI=1S/C24H26ClN3O4/c1-5-28-15(4)20(23(30)32-14(2)3)21(27-24(28)31)16-8-7-11-19(13-16)26-22(29)17-9-6-10-18(25)12-17/h6-14,21H,5H2,1-4H3,(H,26,29)(H,27,31). The van der Waals surface area contributed by atoms with E-state index in [1.165, 1.54) is 4.90 Å². The van der Waals surface area contributed by atoms with E-state index in [0.29, 0.717) is 39.7 Å². The highest BCUT2D eigenvalue weighted by Crippen LogP contribution is 2.32. The third kappa shape index (κ3) is 5.11. The van der Waals surface area contributed by atoms with Crippen LogP contribution in [0.4, 0.5) is 10.5 Å². The zero-order chi connectivity index (χ0) is 23.4. The Morgan fingerprint density at radius 3 is 2.56 bits per heavy atom. The molecule has 3 amide bonds. The number of halogens is 1. The van der Waals surface area contributed by atoms with Crippen LogP contribution in [0.1, 0.15) is 49.7 Å². The van der Waals surface area contributed by atoms with Crippen LogP contribution < -0.4 is 10.6 Å². The average molecular weight is 456 g/mol. The second-order valence-corrected chi connectivity index (χ2v) is 8.11. The molecule has 2 aromatic rings. The Labute approximate surface area is 192 Å². The van der Waals surface area contributed by atoms with Gasteiger partial charge in [-0.05, 0) is 63.6 Å². The largest absolute Gasteiger partial charge is 0.459 e. The van der Waals surface area contributed by atoms with Gasteiger partial charge in [0.15, 0.2) is 0 Å². The summed E-state index contributed by atoms with van der Waals surface area (Å²) < 4.78 is 5.45.